The molecule has 0 aliphatic carbocycles. The van der Waals surface area contributed by atoms with Crippen LogP contribution in [-0.4, -0.2) is 17.3 Å². The number of rotatable bonds is 4. The number of aromatic nitrogens is 2. The number of methoxy groups -OCH3 is 1. The van der Waals surface area contributed by atoms with Gasteiger partial charge in [0, 0.05) is 11.0 Å². The fourth-order valence-corrected chi connectivity index (χ4v) is 2.06. The number of hydrogen-bond acceptors (Lipinski definition) is 4. The topological polar surface area (TPSA) is 67.0 Å². The third-order valence-electron chi connectivity index (χ3n) is 2.52. The molecular weight excluding hydrogens is 334 g/mol. The van der Waals surface area contributed by atoms with Crippen LogP contribution < -0.4 is 15.6 Å². The molecule has 7 heteroatoms. The van der Waals surface area contributed by atoms with Gasteiger partial charge in [0.05, 0.1) is 19.0 Å². The quantitative estimate of drug-likeness (QED) is 0.895. The standard InChI is InChI=1S/C12H11BrClN3O2/c1-19-8-2-3-9(13)7(4-8)5-15-10-6-16-17-12(18)11(10)14/h2-4,6H,5H2,1H3,(H2,15,17,18). The molecule has 0 spiro atoms. The van der Waals surface area contributed by atoms with Crippen LogP contribution in [0.15, 0.2) is 33.7 Å². The minimum absolute atomic E-state index is 0.0917. The normalized spacial score (nSPS) is 10.3. The predicted molar refractivity (Wildman–Crippen MR) is 77.9 cm³/mol. The Labute approximate surface area is 123 Å². The van der Waals surface area contributed by atoms with Gasteiger partial charge in [-0.25, -0.2) is 5.10 Å². The van der Waals surface area contributed by atoms with Gasteiger partial charge in [-0.15, -0.1) is 0 Å². The van der Waals surface area contributed by atoms with Crippen molar-refractivity contribution in [2.75, 3.05) is 12.4 Å². The Morgan fingerprint density at radius 2 is 2.32 bits per heavy atom. The Morgan fingerprint density at radius 1 is 1.53 bits per heavy atom. The van der Waals surface area contributed by atoms with E-state index in [0.29, 0.717) is 12.2 Å². The van der Waals surface area contributed by atoms with Gasteiger partial charge in [0.2, 0.25) is 0 Å². The van der Waals surface area contributed by atoms with Gasteiger partial charge in [-0.3, -0.25) is 4.79 Å². The van der Waals surface area contributed by atoms with E-state index in [-0.39, 0.29) is 5.02 Å². The molecule has 0 saturated heterocycles. The molecule has 2 rings (SSSR count). The fourth-order valence-electron chi connectivity index (χ4n) is 1.51. The smallest absolute Gasteiger partial charge is 0.285 e. The highest BCUT2D eigenvalue weighted by Crippen LogP contribution is 2.24. The number of H-pyrrole nitrogens is 1. The first-order chi connectivity index (χ1) is 9.11. The molecule has 2 aromatic rings. The predicted octanol–water partition coefficient (Wildman–Crippen LogP) is 2.81. The van der Waals surface area contributed by atoms with Crippen molar-refractivity contribution in [1.82, 2.24) is 10.2 Å². The molecule has 0 saturated carbocycles. The molecule has 19 heavy (non-hydrogen) atoms. The number of aromatic amines is 1. The molecule has 0 unspecified atom stereocenters. The summed E-state index contributed by atoms with van der Waals surface area (Å²) in [5, 5.41) is 9.11. The number of nitrogens with one attached hydrogen (secondary N) is 2. The molecule has 0 aliphatic rings. The number of nitrogens with zero attached hydrogens (tertiary/aromatic N) is 1. The number of benzene rings is 1. The summed E-state index contributed by atoms with van der Waals surface area (Å²) < 4.78 is 6.10. The van der Waals surface area contributed by atoms with E-state index in [0.717, 1.165) is 15.8 Å². The highest BCUT2D eigenvalue weighted by Gasteiger charge is 2.06. The molecule has 0 fully saturated rings. The number of halogens is 2. The van der Waals surface area contributed by atoms with Crippen LogP contribution in [0.1, 0.15) is 5.56 Å². The summed E-state index contributed by atoms with van der Waals surface area (Å²) in [5.74, 6) is 0.759. The Bertz CT molecular complexity index is 645. The lowest BCUT2D eigenvalue weighted by Gasteiger charge is -2.10. The Hall–Kier alpha value is -1.53. The zero-order valence-electron chi connectivity index (χ0n) is 10.0. The van der Waals surface area contributed by atoms with E-state index in [4.69, 9.17) is 16.3 Å². The van der Waals surface area contributed by atoms with Crippen LogP contribution in [0.4, 0.5) is 5.69 Å². The van der Waals surface area contributed by atoms with E-state index < -0.39 is 5.56 Å². The summed E-state index contributed by atoms with van der Waals surface area (Å²) >= 11 is 9.33. The summed E-state index contributed by atoms with van der Waals surface area (Å²) in [6, 6.07) is 5.65. The molecule has 0 bridgehead atoms. The van der Waals surface area contributed by atoms with Crippen LogP contribution in [0.2, 0.25) is 5.02 Å². The molecule has 1 aromatic heterocycles. The molecular formula is C12H11BrClN3O2. The van der Waals surface area contributed by atoms with E-state index in [1.165, 1.54) is 6.20 Å². The van der Waals surface area contributed by atoms with Crippen molar-refractivity contribution >= 4 is 33.2 Å². The van der Waals surface area contributed by atoms with Crippen molar-refractivity contribution in [3.8, 4) is 5.75 Å². The SMILES string of the molecule is COc1ccc(Br)c(CNc2cn[nH]c(=O)c2Cl)c1. The summed E-state index contributed by atoms with van der Waals surface area (Å²) in [6.45, 7) is 0.489. The first kappa shape index (κ1) is 13.9. The first-order valence-corrected chi connectivity index (χ1v) is 6.58. The summed E-state index contributed by atoms with van der Waals surface area (Å²) in [5.41, 5.74) is 1.05. The minimum Gasteiger partial charge on any atom is -0.497 e. The lowest BCUT2D eigenvalue weighted by atomic mass is 10.2. The second-order valence-corrected chi connectivity index (χ2v) is 4.97. The van der Waals surface area contributed by atoms with Gasteiger partial charge in [-0.1, -0.05) is 27.5 Å². The highest BCUT2D eigenvalue weighted by molar-refractivity contribution is 9.10. The van der Waals surface area contributed by atoms with Gasteiger partial charge in [0.25, 0.3) is 5.56 Å². The molecule has 1 heterocycles. The molecule has 0 radical (unpaired) electrons. The lowest BCUT2D eigenvalue weighted by Crippen LogP contribution is -2.12. The van der Waals surface area contributed by atoms with Crippen molar-refractivity contribution in [2.24, 2.45) is 0 Å². The first-order valence-electron chi connectivity index (χ1n) is 5.41. The summed E-state index contributed by atoms with van der Waals surface area (Å²) in [7, 11) is 1.61. The second-order valence-electron chi connectivity index (χ2n) is 3.74. The summed E-state index contributed by atoms with van der Waals surface area (Å²) in [6.07, 6.45) is 1.47. The zero-order chi connectivity index (χ0) is 13.8. The van der Waals surface area contributed by atoms with E-state index in [2.05, 4.69) is 31.4 Å². The van der Waals surface area contributed by atoms with Gasteiger partial charge in [-0.05, 0) is 23.8 Å². The van der Waals surface area contributed by atoms with Crippen molar-refractivity contribution in [2.45, 2.75) is 6.54 Å². The highest BCUT2D eigenvalue weighted by atomic mass is 79.9. The molecule has 0 atom stereocenters. The second kappa shape index (κ2) is 6.08. The van der Waals surface area contributed by atoms with Crippen molar-refractivity contribution in [1.29, 1.82) is 0 Å². The average molecular weight is 345 g/mol. The van der Waals surface area contributed by atoms with E-state index in [9.17, 15) is 4.79 Å². The molecule has 2 N–H and O–H groups in total. The van der Waals surface area contributed by atoms with Gasteiger partial charge in [-0.2, -0.15) is 5.10 Å². The van der Waals surface area contributed by atoms with Gasteiger partial charge >= 0.3 is 0 Å². The Morgan fingerprint density at radius 3 is 3.05 bits per heavy atom. The largest absolute Gasteiger partial charge is 0.497 e. The molecule has 1 aromatic carbocycles. The maximum atomic E-state index is 11.3. The van der Waals surface area contributed by atoms with Gasteiger partial charge in [0.15, 0.2) is 0 Å². The zero-order valence-corrected chi connectivity index (χ0v) is 12.4. The average Bonchev–Trinajstić information content (AvgIpc) is 2.42. The van der Waals surface area contributed by atoms with Crippen LogP contribution in [0.25, 0.3) is 0 Å². The molecule has 5 nitrogen and oxygen atoms in total. The van der Waals surface area contributed by atoms with Gasteiger partial charge < -0.3 is 10.1 Å². The van der Waals surface area contributed by atoms with E-state index in [1.54, 1.807) is 7.11 Å². The monoisotopic (exact) mass is 343 g/mol. The molecule has 100 valence electrons. The van der Waals surface area contributed by atoms with Crippen LogP contribution >= 0.6 is 27.5 Å². The maximum absolute atomic E-state index is 11.3. The fraction of sp³-hybridized carbons (Fsp3) is 0.167. The number of anilines is 1. The lowest BCUT2D eigenvalue weighted by molar-refractivity contribution is 0.414. The van der Waals surface area contributed by atoms with Crippen LogP contribution in [0.3, 0.4) is 0 Å². The van der Waals surface area contributed by atoms with Crippen molar-refractivity contribution < 1.29 is 4.74 Å². The Kier molecular flexibility index (Phi) is 4.44. The van der Waals surface area contributed by atoms with Crippen LogP contribution in [0, 0.1) is 0 Å². The maximum Gasteiger partial charge on any atom is 0.285 e. The van der Waals surface area contributed by atoms with Crippen LogP contribution in [0.5, 0.6) is 5.75 Å². The van der Waals surface area contributed by atoms with Gasteiger partial charge in [0.1, 0.15) is 10.8 Å². The third-order valence-corrected chi connectivity index (χ3v) is 3.67. The van der Waals surface area contributed by atoms with Crippen molar-refractivity contribution in [3.63, 3.8) is 0 Å². The third kappa shape index (κ3) is 3.27. The molecule has 0 aliphatic heterocycles. The van der Waals surface area contributed by atoms with Crippen molar-refractivity contribution in [3.05, 3.63) is 49.8 Å². The number of hydrogen-bond donors (Lipinski definition) is 2. The van der Waals surface area contributed by atoms with E-state index >= 15 is 0 Å². The Balaban J connectivity index is 2.18. The summed E-state index contributed by atoms with van der Waals surface area (Å²) in [4.78, 5) is 11.3. The number of ether oxygens (including phenoxy) is 1. The van der Waals surface area contributed by atoms with Crippen LogP contribution in [-0.2, 0) is 6.54 Å². The molecule has 0 amide bonds. The van der Waals surface area contributed by atoms with E-state index in [1.807, 2.05) is 18.2 Å². The minimum atomic E-state index is -0.420.